The van der Waals surface area contributed by atoms with Crippen LogP contribution in [-0.4, -0.2) is 60.1 Å². The molecular weight excluding hydrogens is 380 g/mol. The van der Waals surface area contributed by atoms with E-state index < -0.39 is 0 Å². The monoisotopic (exact) mass is 412 g/mol. The third kappa shape index (κ3) is 4.95. The molecule has 0 radical (unpaired) electrons. The first kappa shape index (κ1) is 20.7. The molecule has 2 fully saturated rings. The number of urea groups is 1. The summed E-state index contributed by atoms with van der Waals surface area (Å²) in [5.41, 5.74) is 1.90. The van der Waals surface area contributed by atoms with Crippen molar-refractivity contribution >= 4 is 6.03 Å². The average molecular weight is 413 g/mol. The molecule has 0 spiro atoms. The molecule has 30 heavy (non-hydrogen) atoms. The molecule has 2 heterocycles. The number of oxazole rings is 1. The molecule has 1 aliphatic heterocycles. The van der Waals surface area contributed by atoms with Gasteiger partial charge in [0.05, 0.1) is 12.8 Å². The van der Waals surface area contributed by atoms with E-state index >= 15 is 0 Å². The van der Waals surface area contributed by atoms with Gasteiger partial charge in [0.1, 0.15) is 11.5 Å². The molecule has 162 valence electrons. The molecule has 0 atom stereocenters. The molecular formula is C23H32N4O3. The zero-order valence-corrected chi connectivity index (χ0v) is 18.0. The number of piperazine rings is 1. The Hall–Kier alpha value is -2.54. The number of aromatic nitrogens is 1. The average Bonchev–Trinajstić information content (AvgIpc) is 3.15. The van der Waals surface area contributed by atoms with Crippen LogP contribution >= 0.6 is 0 Å². The minimum atomic E-state index is 0.0981. The van der Waals surface area contributed by atoms with Gasteiger partial charge in [-0.15, -0.1) is 0 Å². The van der Waals surface area contributed by atoms with Gasteiger partial charge < -0.3 is 19.4 Å². The molecule has 2 amide bonds. The van der Waals surface area contributed by atoms with E-state index in [9.17, 15) is 4.79 Å². The zero-order valence-electron chi connectivity index (χ0n) is 18.0. The summed E-state index contributed by atoms with van der Waals surface area (Å²) in [5, 5.41) is 3.22. The maximum atomic E-state index is 12.6. The highest BCUT2D eigenvalue weighted by Crippen LogP contribution is 2.25. The normalized spacial score (nSPS) is 18.4. The second-order valence-electron chi connectivity index (χ2n) is 8.30. The largest absolute Gasteiger partial charge is 0.497 e. The number of amides is 2. The van der Waals surface area contributed by atoms with Crippen molar-refractivity contribution < 1.29 is 13.9 Å². The van der Waals surface area contributed by atoms with Crippen molar-refractivity contribution in [3.8, 4) is 17.2 Å². The Morgan fingerprint density at radius 2 is 1.83 bits per heavy atom. The molecule has 7 heteroatoms. The zero-order chi connectivity index (χ0) is 20.9. The van der Waals surface area contributed by atoms with Gasteiger partial charge in [-0.25, -0.2) is 9.78 Å². The van der Waals surface area contributed by atoms with Crippen LogP contribution < -0.4 is 10.1 Å². The third-order valence-corrected chi connectivity index (χ3v) is 6.20. The van der Waals surface area contributed by atoms with Gasteiger partial charge in [0, 0.05) is 44.3 Å². The Morgan fingerprint density at radius 3 is 2.50 bits per heavy atom. The number of hydrogen-bond donors (Lipinski definition) is 1. The first-order valence-electron chi connectivity index (χ1n) is 11.0. The summed E-state index contributed by atoms with van der Waals surface area (Å²) in [6, 6.07) is 8.19. The van der Waals surface area contributed by atoms with E-state index in [0.717, 1.165) is 68.3 Å². The van der Waals surface area contributed by atoms with Crippen LogP contribution in [0.2, 0.25) is 0 Å². The Bertz CT molecular complexity index is 835. The molecule has 1 aromatic heterocycles. The van der Waals surface area contributed by atoms with E-state index in [-0.39, 0.29) is 6.03 Å². The fourth-order valence-electron chi connectivity index (χ4n) is 4.27. The van der Waals surface area contributed by atoms with Gasteiger partial charge in [-0.3, -0.25) is 4.90 Å². The number of carbonyl (C=O) groups is 1. The number of rotatable bonds is 5. The van der Waals surface area contributed by atoms with E-state index in [4.69, 9.17) is 14.1 Å². The van der Waals surface area contributed by atoms with Crippen LogP contribution in [0.4, 0.5) is 4.79 Å². The molecule has 1 aliphatic carbocycles. The third-order valence-electron chi connectivity index (χ3n) is 6.20. The number of ether oxygens (including phenoxy) is 1. The number of hydrogen-bond acceptors (Lipinski definition) is 5. The van der Waals surface area contributed by atoms with Crippen LogP contribution in [0.25, 0.3) is 11.5 Å². The summed E-state index contributed by atoms with van der Waals surface area (Å²) >= 11 is 0. The molecule has 1 saturated carbocycles. The number of benzene rings is 1. The highest BCUT2D eigenvalue weighted by molar-refractivity contribution is 5.74. The summed E-state index contributed by atoms with van der Waals surface area (Å²) in [5.74, 6) is 2.29. The topological polar surface area (TPSA) is 70.8 Å². The Balaban J connectivity index is 1.29. The molecule has 4 rings (SSSR count). The molecule has 1 N–H and O–H groups in total. The van der Waals surface area contributed by atoms with Crippen LogP contribution in [0.1, 0.15) is 43.6 Å². The number of nitrogens with one attached hydrogen (secondary N) is 1. The molecule has 1 aromatic carbocycles. The fraction of sp³-hybridized carbons (Fsp3) is 0.565. The molecule has 7 nitrogen and oxygen atoms in total. The van der Waals surface area contributed by atoms with Crippen molar-refractivity contribution in [2.24, 2.45) is 0 Å². The SMILES string of the molecule is COc1ccc(-c2nc(CN3CCN(C(=O)NC4CCCCC4)CC3)c(C)o2)cc1. The number of methoxy groups -OCH3 is 1. The van der Waals surface area contributed by atoms with E-state index in [0.29, 0.717) is 11.9 Å². The lowest BCUT2D eigenvalue weighted by Crippen LogP contribution is -2.53. The van der Waals surface area contributed by atoms with E-state index in [2.05, 4.69) is 10.2 Å². The smallest absolute Gasteiger partial charge is 0.317 e. The number of carbonyl (C=O) groups excluding carboxylic acids is 1. The van der Waals surface area contributed by atoms with Gasteiger partial charge in [-0.05, 0) is 44.0 Å². The molecule has 2 aromatic rings. The summed E-state index contributed by atoms with van der Waals surface area (Å²) < 4.78 is 11.1. The standard InChI is InChI=1S/C23H32N4O3/c1-17-21(25-22(30-17)18-8-10-20(29-2)11-9-18)16-26-12-14-27(15-13-26)23(28)24-19-6-4-3-5-7-19/h8-11,19H,3-7,12-16H2,1-2H3,(H,24,28). The quantitative estimate of drug-likeness (QED) is 0.808. The summed E-state index contributed by atoms with van der Waals surface area (Å²) in [7, 11) is 1.65. The van der Waals surface area contributed by atoms with Crippen molar-refractivity contribution in [2.45, 2.75) is 51.6 Å². The second kappa shape index (κ2) is 9.51. The minimum Gasteiger partial charge on any atom is -0.497 e. The van der Waals surface area contributed by atoms with Gasteiger partial charge in [-0.2, -0.15) is 0 Å². The van der Waals surface area contributed by atoms with Crippen LogP contribution in [0.3, 0.4) is 0 Å². The fourth-order valence-corrected chi connectivity index (χ4v) is 4.27. The molecule has 1 saturated heterocycles. The Morgan fingerprint density at radius 1 is 1.13 bits per heavy atom. The van der Waals surface area contributed by atoms with E-state index in [1.807, 2.05) is 36.1 Å². The van der Waals surface area contributed by atoms with Crippen LogP contribution in [0, 0.1) is 6.92 Å². The van der Waals surface area contributed by atoms with Gasteiger partial charge in [0.2, 0.25) is 5.89 Å². The molecule has 2 aliphatic rings. The lowest BCUT2D eigenvalue weighted by molar-refractivity contribution is 0.131. The van der Waals surface area contributed by atoms with Crippen molar-refractivity contribution in [2.75, 3.05) is 33.3 Å². The van der Waals surface area contributed by atoms with Crippen molar-refractivity contribution in [3.63, 3.8) is 0 Å². The van der Waals surface area contributed by atoms with Crippen LogP contribution in [0.15, 0.2) is 28.7 Å². The van der Waals surface area contributed by atoms with Gasteiger partial charge in [-0.1, -0.05) is 19.3 Å². The van der Waals surface area contributed by atoms with Crippen LogP contribution in [-0.2, 0) is 6.54 Å². The predicted molar refractivity (Wildman–Crippen MR) is 115 cm³/mol. The number of nitrogens with zero attached hydrogens (tertiary/aromatic N) is 3. The molecule has 0 bridgehead atoms. The Kier molecular flexibility index (Phi) is 6.57. The highest BCUT2D eigenvalue weighted by atomic mass is 16.5. The summed E-state index contributed by atoms with van der Waals surface area (Å²) in [4.78, 5) is 21.6. The first-order chi connectivity index (χ1) is 14.6. The van der Waals surface area contributed by atoms with Gasteiger partial charge in [0.15, 0.2) is 0 Å². The summed E-state index contributed by atoms with van der Waals surface area (Å²) in [6.45, 7) is 5.90. The van der Waals surface area contributed by atoms with Gasteiger partial charge >= 0.3 is 6.03 Å². The first-order valence-corrected chi connectivity index (χ1v) is 11.0. The van der Waals surface area contributed by atoms with Crippen molar-refractivity contribution in [1.29, 1.82) is 0 Å². The molecule has 0 unspecified atom stereocenters. The number of aryl methyl sites for hydroxylation is 1. The van der Waals surface area contributed by atoms with Crippen LogP contribution in [0.5, 0.6) is 5.75 Å². The maximum absolute atomic E-state index is 12.6. The second-order valence-corrected chi connectivity index (χ2v) is 8.30. The highest BCUT2D eigenvalue weighted by Gasteiger charge is 2.25. The Labute approximate surface area is 178 Å². The minimum absolute atomic E-state index is 0.0981. The van der Waals surface area contributed by atoms with E-state index in [1.165, 1.54) is 19.3 Å². The van der Waals surface area contributed by atoms with Crippen molar-refractivity contribution in [1.82, 2.24) is 20.1 Å². The van der Waals surface area contributed by atoms with E-state index in [1.54, 1.807) is 7.11 Å². The summed E-state index contributed by atoms with van der Waals surface area (Å²) in [6.07, 6.45) is 6.00. The van der Waals surface area contributed by atoms with Crippen molar-refractivity contribution in [3.05, 3.63) is 35.7 Å². The van der Waals surface area contributed by atoms with Gasteiger partial charge in [0.25, 0.3) is 0 Å². The lowest BCUT2D eigenvalue weighted by Gasteiger charge is -2.35. The lowest BCUT2D eigenvalue weighted by atomic mass is 9.96. The predicted octanol–water partition coefficient (Wildman–Crippen LogP) is 3.82. The maximum Gasteiger partial charge on any atom is 0.317 e.